The fourth-order valence-corrected chi connectivity index (χ4v) is 0.483. The van der Waals surface area contributed by atoms with E-state index < -0.39 is 5.56 Å². The van der Waals surface area contributed by atoms with E-state index in [0.717, 1.165) is 0 Å². The number of ether oxygens (including phenoxy) is 1. The summed E-state index contributed by atoms with van der Waals surface area (Å²) in [6.45, 7) is 2.43. The molecule has 0 aliphatic rings. The third-order valence-electron chi connectivity index (χ3n) is 0.609. The zero-order valence-corrected chi connectivity index (χ0v) is 6.26. The van der Waals surface area contributed by atoms with Crippen molar-refractivity contribution in [3.8, 4) is 0 Å². The van der Waals surface area contributed by atoms with Gasteiger partial charge in [0.15, 0.2) is 5.56 Å². The Labute approximate surface area is 59.6 Å². The monoisotopic (exact) mass is 151 g/mol. The number of halogens is 1. The van der Waals surface area contributed by atoms with Gasteiger partial charge in [-0.25, -0.2) is 0 Å². The highest BCUT2D eigenvalue weighted by molar-refractivity contribution is 6.26. The second kappa shape index (κ2) is 5.85. The van der Waals surface area contributed by atoms with Crippen LogP contribution in [0, 0.1) is 0 Å². The molecule has 0 saturated heterocycles. The minimum absolute atomic E-state index is 0.477. The lowest BCUT2D eigenvalue weighted by molar-refractivity contribution is 0.156. The van der Waals surface area contributed by atoms with Crippen LogP contribution in [0.4, 0.5) is 0 Å². The van der Waals surface area contributed by atoms with Gasteiger partial charge in [-0.2, -0.15) is 0 Å². The topological polar surface area (TPSA) is 30.8 Å². The molecular formula is C5H10ClNO2. The summed E-state index contributed by atoms with van der Waals surface area (Å²) in [4.78, 5) is 4.36. The molecule has 0 aliphatic carbocycles. The van der Waals surface area contributed by atoms with E-state index in [-0.39, 0.29) is 0 Å². The van der Waals surface area contributed by atoms with Crippen molar-refractivity contribution >= 4 is 17.8 Å². The molecule has 3 nitrogen and oxygen atoms in total. The lowest BCUT2D eigenvalue weighted by Gasteiger charge is -2.00. The zero-order valence-electron chi connectivity index (χ0n) is 5.50. The highest BCUT2D eigenvalue weighted by Gasteiger charge is 1.95. The minimum Gasteiger partial charge on any atom is -0.399 e. The second-order valence-electron chi connectivity index (χ2n) is 1.24. The highest BCUT2D eigenvalue weighted by atomic mass is 35.5. The summed E-state index contributed by atoms with van der Waals surface area (Å²) in [5, 5.41) is 3.41. The Morgan fingerprint density at radius 2 is 2.44 bits per heavy atom. The summed E-state index contributed by atoms with van der Waals surface area (Å²) < 4.78 is 4.88. The van der Waals surface area contributed by atoms with Crippen molar-refractivity contribution in [3.63, 3.8) is 0 Å². The molecule has 0 radical (unpaired) electrons. The van der Waals surface area contributed by atoms with Crippen molar-refractivity contribution < 1.29 is 9.57 Å². The Morgan fingerprint density at radius 1 is 1.78 bits per heavy atom. The summed E-state index contributed by atoms with van der Waals surface area (Å²) in [6.07, 6.45) is 1.38. The molecule has 0 rings (SSSR count). The maximum atomic E-state index is 5.51. The van der Waals surface area contributed by atoms with Gasteiger partial charge in [-0.1, -0.05) is 16.8 Å². The Morgan fingerprint density at radius 3 is 2.89 bits per heavy atom. The van der Waals surface area contributed by atoms with Crippen molar-refractivity contribution in [1.29, 1.82) is 0 Å². The van der Waals surface area contributed by atoms with Crippen LogP contribution in [-0.2, 0) is 9.57 Å². The summed E-state index contributed by atoms with van der Waals surface area (Å²) in [5.41, 5.74) is -0.477. The van der Waals surface area contributed by atoms with E-state index >= 15 is 0 Å². The summed E-state index contributed by atoms with van der Waals surface area (Å²) in [7, 11) is 1.45. The van der Waals surface area contributed by atoms with Crippen LogP contribution in [0.2, 0.25) is 0 Å². The van der Waals surface area contributed by atoms with Crippen molar-refractivity contribution in [3.05, 3.63) is 0 Å². The second-order valence-corrected chi connectivity index (χ2v) is 1.67. The standard InChI is InChI=1S/C5H10ClNO2/c1-3-9-5(6)4-7-8-2/h4-5H,3H2,1-2H3. The Balaban J connectivity index is 3.25. The number of alkyl halides is 1. The van der Waals surface area contributed by atoms with E-state index in [1.807, 2.05) is 6.92 Å². The molecule has 0 saturated carbocycles. The van der Waals surface area contributed by atoms with Gasteiger partial charge < -0.3 is 9.57 Å². The molecule has 0 bridgehead atoms. The number of oxime groups is 1. The van der Waals surface area contributed by atoms with Crippen LogP contribution in [0.3, 0.4) is 0 Å². The maximum Gasteiger partial charge on any atom is 0.169 e. The molecule has 0 aliphatic heterocycles. The van der Waals surface area contributed by atoms with Crippen molar-refractivity contribution in [2.75, 3.05) is 13.7 Å². The van der Waals surface area contributed by atoms with Crippen LogP contribution in [-0.4, -0.2) is 25.5 Å². The predicted octanol–water partition coefficient (Wildman–Crippen LogP) is 1.22. The predicted molar refractivity (Wildman–Crippen MR) is 36.8 cm³/mol. The van der Waals surface area contributed by atoms with Crippen LogP contribution in [0.1, 0.15) is 6.92 Å². The zero-order chi connectivity index (χ0) is 7.11. The smallest absolute Gasteiger partial charge is 0.169 e. The van der Waals surface area contributed by atoms with Gasteiger partial charge in [0.05, 0.1) is 6.21 Å². The van der Waals surface area contributed by atoms with Gasteiger partial charge >= 0.3 is 0 Å². The van der Waals surface area contributed by atoms with Gasteiger partial charge in [0.2, 0.25) is 0 Å². The number of hydrogen-bond acceptors (Lipinski definition) is 3. The molecule has 0 aromatic carbocycles. The van der Waals surface area contributed by atoms with E-state index in [9.17, 15) is 0 Å². The van der Waals surface area contributed by atoms with Crippen LogP contribution >= 0.6 is 11.6 Å². The van der Waals surface area contributed by atoms with Crippen LogP contribution in [0.15, 0.2) is 5.16 Å². The third kappa shape index (κ3) is 5.59. The fourth-order valence-electron chi connectivity index (χ4n) is 0.311. The molecule has 0 amide bonds. The number of rotatable bonds is 4. The van der Waals surface area contributed by atoms with Crippen LogP contribution in [0.25, 0.3) is 0 Å². The van der Waals surface area contributed by atoms with Crippen molar-refractivity contribution in [2.24, 2.45) is 5.16 Å². The van der Waals surface area contributed by atoms with E-state index in [1.54, 1.807) is 0 Å². The Hall–Kier alpha value is -0.280. The Kier molecular flexibility index (Phi) is 5.67. The molecule has 0 fully saturated rings. The molecule has 0 aromatic heterocycles. The SMILES string of the molecule is CCOC(Cl)C=NOC. The average molecular weight is 152 g/mol. The fraction of sp³-hybridized carbons (Fsp3) is 0.800. The van der Waals surface area contributed by atoms with Gasteiger partial charge in [-0.15, -0.1) is 0 Å². The van der Waals surface area contributed by atoms with E-state index in [4.69, 9.17) is 16.3 Å². The first kappa shape index (κ1) is 8.72. The van der Waals surface area contributed by atoms with Gasteiger partial charge in [0.1, 0.15) is 7.11 Å². The molecule has 1 unspecified atom stereocenters. The first-order chi connectivity index (χ1) is 4.31. The normalized spacial score (nSPS) is 14.1. The van der Waals surface area contributed by atoms with Crippen LogP contribution in [0.5, 0.6) is 0 Å². The van der Waals surface area contributed by atoms with E-state index in [0.29, 0.717) is 6.61 Å². The summed E-state index contributed by atoms with van der Waals surface area (Å²) >= 11 is 5.51. The van der Waals surface area contributed by atoms with Crippen molar-refractivity contribution in [1.82, 2.24) is 0 Å². The molecule has 9 heavy (non-hydrogen) atoms. The number of nitrogens with zero attached hydrogens (tertiary/aromatic N) is 1. The highest BCUT2D eigenvalue weighted by Crippen LogP contribution is 1.93. The third-order valence-corrected chi connectivity index (χ3v) is 0.848. The molecule has 1 atom stereocenters. The van der Waals surface area contributed by atoms with Gasteiger partial charge in [0, 0.05) is 6.61 Å². The largest absolute Gasteiger partial charge is 0.399 e. The van der Waals surface area contributed by atoms with Gasteiger partial charge in [-0.05, 0) is 6.92 Å². The molecule has 4 heteroatoms. The molecule has 0 N–H and O–H groups in total. The minimum atomic E-state index is -0.477. The van der Waals surface area contributed by atoms with Gasteiger partial charge in [0.25, 0.3) is 0 Å². The molecule has 54 valence electrons. The van der Waals surface area contributed by atoms with Gasteiger partial charge in [-0.3, -0.25) is 0 Å². The first-order valence-corrected chi connectivity index (χ1v) is 3.07. The average Bonchev–Trinajstić information content (AvgIpc) is 1.85. The summed E-state index contributed by atoms with van der Waals surface area (Å²) in [5.74, 6) is 0. The lowest BCUT2D eigenvalue weighted by Crippen LogP contribution is -2.05. The number of hydrogen-bond donors (Lipinski definition) is 0. The van der Waals surface area contributed by atoms with Crippen molar-refractivity contribution in [2.45, 2.75) is 12.5 Å². The maximum absolute atomic E-state index is 5.51. The Bertz CT molecular complexity index is 87.0. The lowest BCUT2D eigenvalue weighted by atomic mass is 10.7. The first-order valence-electron chi connectivity index (χ1n) is 2.63. The molecule has 0 spiro atoms. The molecule has 0 heterocycles. The quantitative estimate of drug-likeness (QED) is 0.344. The molecule has 0 aromatic rings. The summed E-state index contributed by atoms with van der Waals surface area (Å²) in [6, 6.07) is 0. The van der Waals surface area contributed by atoms with Crippen LogP contribution < -0.4 is 0 Å². The van der Waals surface area contributed by atoms with E-state index in [1.165, 1.54) is 13.3 Å². The molecular weight excluding hydrogens is 142 g/mol. The van der Waals surface area contributed by atoms with E-state index in [2.05, 4.69) is 9.99 Å².